The normalized spacial score (nSPS) is 10.3. The van der Waals surface area contributed by atoms with Gasteiger partial charge in [0.2, 0.25) is 0 Å². The van der Waals surface area contributed by atoms with Crippen LogP contribution >= 0.6 is 23.2 Å². The van der Waals surface area contributed by atoms with Crippen LogP contribution < -0.4 is 5.32 Å². The molecule has 0 spiro atoms. The van der Waals surface area contributed by atoms with Crippen molar-refractivity contribution in [2.45, 2.75) is 0 Å². The number of carbonyl (C=O) groups excluding carboxylic acids is 1. The first-order chi connectivity index (χ1) is 9.38. The first-order valence-electron chi connectivity index (χ1n) is 5.54. The molecular weight excluding hydrogens is 303 g/mol. The fourth-order valence-corrected chi connectivity index (χ4v) is 2.16. The van der Waals surface area contributed by atoms with Crippen LogP contribution in [-0.4, -0.2) is 21.6 Å². The van der Waals surface area contributed by atoms with Crippen LogP contribution in [0.25, 0.3) is 0 Å². The zero-order chi connectivity index (χ0) is 14.9. The van der Waals surface area contributed by atoms with E-state index in [1.54, 1.807) is 17.8 Å². The third kappa shape index (κ3) is 2.95. The number of carbonyl (C=O) groups is 2. The van der Waals surface area contributed by atoms with Crippen molar-refractivity contribution in [2.75, 3.05) is 5.32 Å². The van der Waals surface area contributed by atoms with Gasteiger partial charge in [-0.05, 0) is 24.3 Å². The minimum absolute atomic E-state index is 0.0776. The molecule has 0 atom stereocenters. The number of anilines is 1. The molecule has 5 nitrogen and oxygen atoms in total. The molecule has 1 heterocycles. The zero-order valence-electron chi connectivity index (χ0n) is 10.4. The predicted molar refractivity (Wildman–Crippen MR) is 76.8 cm³/mol. The van der Waals surface area contributed by atoms with Crippen molar-refractivity contribution in [3.05, 3.63) is 51.8 Å². The molecule has 2 aromatic rings. The molecule has 0 bridgehead atoms. The highest BCUT2D eigenvalue weighted by molar-refractivity contribution is 6.31. The Morgan fingerprint density at radius 3 is 2.45 bits per heavy atom. The molecule has 7 heteroatoms. The van der Waals surface area contributed by atoms with Gasteiger partial charge in [0, 0.05) is 18.3 Å². The van der Waals surface area contributed by atoms with E-state index in [0.29, 0.717) is 10.7 Å². The van der Waals surface area contributed by atoms with Gasteiger partial charge in [0.05, 0.1) is 16.3 Å². The maximum Gasteiger partial charge on any atom is 0.337 e. The van der Waals surface area contributed by atoms with Gasteiger partial charge in [-0.1, -0.05) is 23.2 Å². The topological polar surface area (TPSA) is 71.3 Å². The fourth-order valence-electron chi connectivity index (χ4n) is 1.74. The first-order valence-corrected chi connectivity index (χ1v) is 6.30. The molecule has 0 unspecified atom stereocenters. The molecular formula is C13H10Cl2N2O3. The number of carboxylic acids is 1. The minimum atomic E-state index is -1.17. The van der Waals surface area contributed by atoms with Crippen molar-refractivity contribution in [3.8, 4) is 0 Å². The minimum Gasteiger partial charge on any atom is -0.478 e. The number of hydrogen-bond acceptors (Lipinski definition) is 2. The van der Waals surface area contributed by atoms with Gasteiger partial charge in [-0.3, -0.25) is 4.79 Å². The smallest absolute Gasteiger partial charge is 0.337 e. The highest BCUT2D eigenvalue weighted by Gasteiger charge is 2.16. The van der Waals surface area contributed by atoms with E-state index in [2.05, 4.69) is 5.32 Å². The lowest BCUT2D eigenvalue weighted by Gasteiger charge is -2.09. The molecule has 0 radical (unpaired) electrons. The number of aryl methyl sites for hydroxylation is 1. The van der Waals surface area contributed by atoms with E-state index in [9.17, 15) is 9.59 Å². The first kappa shape index (κ1) is 14.4. The zero-order valence-corrected chi connectivity index (χ0v) is 11.9. The van der Waals surface area contributed by atoms with Crippen LogP contribution in [0.4, 0.5) is 5.69 Å². The van der Waals surface area contributed by atoms with E-state index in [1.807, 2.05) is 0 Å². The number of hydrogen-bond donors (Lipinski definition) is 2. The summed E-state index contributed by atoms with van der Waals surface area (Å²) in [4.78, 5) is 23.2. The highest BCUT2D eigenvalue weighted by Crippen LogP contribution is 2.22. The van der Waals surface area contributed by atoms with Gasteiger partial charge in [-0.2, -0.15) is 0 Å². The van der Waals surface area contributed by atoms with E-state index < -0.39 is 11.9 Å². The third-order valence-electron chi connectivity index (χ3n) is 2.66. The van der Waals surface area contributed by atoms with Crippen LogP contribution in [-0.2, 0) is 7.05 Å². The van der Waals surface area contributed by atoms with Gasteiger partial charge >= 0.3 is 5.97 Å². The maximum atomic E-state index is 12.1. The summed E-state index contributed by atoms with van der Waals surface area (Å²) in [6, 6.07) is 5.71. The van der Waals surface area contributed by atoms with Gasteiger partial charge in [0.1, 0.15) is 5.69 Å². The summed E-state index contributed by atoms with van der Waals surface area (Å²) in [7, 11) is 1.67. The molecule has 2 rings (SSSR count). The summed E-state index contributed by atoms with van der Waals surface area (Å²) in [6.07, 6.45) is 1.58. The van der Waals surface area contributed by atoms with Crippen LogP contribution in [0.15, 0.2) is 30.5 Å². The van der Waals surface area contributed by atoms with Crippen LogP contribution in [0, 0.1) is 0 Å². The van der Waals surface area contributed by atoms with Crippen LogP contribution in [0.3, 0.4) is 0 Å². The summed E-state index contributed by atoms with van der Waals surface area (Å²) >= 11 is 11.5. The van der Waals surface area contributed by atoms with Gasteiger partial charge in [0.15, 0.2) is 0 Å². The summed E-state index contributed by atoms with van der Waals surface area (Å²) in [5.74, 6) is -1.63. The fraction of sp³-hybridized carbons (Fsp3) is 0.0769. The number of carboxylic acid groups (broad SMARTS) is 1. The van der Waals surface area contributed by atoms with Gasteiger partial charge < -0.3 is 15.0 Å². The van der Waals surface area contributed by atoms with E-state index in [0.717, 1.165) is 0 Å². The van der Waals surface area contributed by atoms with Gasteiger partial charge in [-0.25, -0.2) is 4.79 Å². The number of nitrogens with one attached hydrogen (secondary N) is 1. The maximum absolute atomic E-state index is 12.1. The number of benzene rings is 1. The number of nitrogens with zero attached hydrogens (tertiary/aromatic N) is 1. The van der Waals surface area contributed by atoms with Crippen LogP contribution in [0.2, 0.25) is 10.0 Å². The second kappa shape index (κ2) is 5.56. The van der Waals surface area contributed by atoms with E-state index >= 15 is 0 Å². The van der Waals surface area contributed by atoms with Crippen molar-refractivity contribution < 1.29 is 14.7 Å². The van der Waals surface area contributed by atoms with Crippen molar-refractivity contribution in [3.63, 3.8) is 0 Å². The number of aromatic carboxylic acids is 1. The van der Waals surface area contributed by atoms with Crippen molar-refractivity contribution >= 4 is 40.8 Å². The molecule has 0 fully saturated rings. The van der Waals surface area contributed by atoms with E-state index in [-0.39, 0.29) is 16.3 Å². The van der Waals surface area contributed by atoms with Gasteiger partial charge in [0.25, 0.3) is 5.91 Å². The molecule has 2 N–H and O–H groups in total. The second-order valence-corrected chi connectivity index (χ2v) is 4.98. The van der Waals surface area contributed by atoms with Gasteiger partial charge in [-0.15, -0.1) is 0 Å². The molecule has 104 valence electrons. The Morgan fingerprint density at radius 2 is 1.90 bits per heavy atom. The monoisotopic (exact) mass is 312 g/mol. The Bertz CT molecular complexity index is 695. The average molecular weight is 313 g/mol. The summed E-state index contributed by atoms with van der Waals surface area (Å²) < 4.78 is 1.55. The Kier molecular flexibility index (Phi) is 4.01. The number of rotatable bonds is 3. The van der Waals surface area contributed by atoms with Crippen LogP contribution in [0.5, 0.6) is 0 Å². The molecule has 20 heavy (non-hydrogen) atoms. The number of halogens is 2. The quantitative estimate of drug-likeness (QED) is 0.913. The Hall–Kier alpha value is -1.98. The molecule has 1 amide bonds. The van der Waals surface area contributed by atoms with Crippen molar-refractivity contribution in [2.24, 2.45) is 7.05 Å². The molecule has 0 saturated heterocycles. The summed E-state index contributed by atoms with van der Waals surface area (Å²) in [6.45, 7) is 0. The largest absolute Gasteiger partial charge is 0.478 e. The van der Waals surface area contributed by atoms with Crippen LogP contribution in [0.1, 0.15) is 20.8 Å². The Morgan fingerprint density at radius 1 is 1.20 bits per heavy atom. The Labute approximate surface area is 124 Å². The summed E-state index contributed by atoms with van der Waals surface area (Å²) in [5, 5.41) is 12.3. The van der Waals surface area contributed by atoms with E-state index in [4.69, 9.17) is 28.3 Å². The molecule has 0 aliphatic carbocycles. The molecule has 0 saturated carbocycles. The highest BCUT2D eigenvalue weighted by atomic mass is 35.5. The van der Waals surface area contributed by atoms with Crippen molar-refractivity contribution in [1.29, 1.82) is 0 Å². The molecule has 1 aromatic heterocycles. The lowest BCUT2D eigenvalue weighted by Crippen LogP contribution is -2.17. The second-order valence-electron chi connectivity index (χ2n) is 4.10. The lowest BCUT2D eigenvalue weighted by atomic mass is 10.1. The SMILES string of the molecule is Cn1cc(Cl)cc1C(=O)Nc1ccc(Cl)cc1C(=O)O. The third-order valence-corrected chi connectivity index (χ3v) is 3.11. The molecule has 0 aliphatic heterocycles. The number of aromatic nitrogens is 1. The van der Waals surface area contributed by atoms with E-state index in [1.165, 1.54) is 24.3 Å². The standard InChI is InChI=1S/C13H10Cl2N2O3/c1-17-6-8(15)5-11(17)12(18)16-10-3-2-7(14)4-9(10)13(19)20/h2-6H,1H3,(H,16,18)(H,19,20). The molecule has 0 aliphatic rings. The summed E-state index contributed by atoms with van der Waals surface area (Å²) in [5.41, 5.74) is 0.414. The average Bonchev–Trinajstić information content (AvgIpc) is 2.70. The van der Waals surface area contributed by atoms with Crippen molar-refractivity contribution in [1.82, 2.24) is 4.57 Å². The predicted octanol–water partition coefficient (Wildman–Crippen LogP) is 3.28. The molecule has 1 aromatic carbocycles. The lowest BCUT2D eigenvalue weighted by molar-refractivity contribution is 0.0698. The Balaban J connectivity index is 2.33. The number of amides is 1.